The summed E-state index contributed by atoms with van der Waals surface area (Å²) in [6, 6.07) is 20.6. The number of ether oxygens (including phenoxy) is 2. The number of hydrogen-bond acceptors (Lipinski definition) is 8. The van der Waals surface area contributed by atoms with E-state index in [1.165, 1.54) is 11.3 Å². The zero-order valence-corrected chi connectivity index (χ0v) is 21.8. The molecule has 1 unspecified atom stereocenters. The summed E-state index contributed by atoms with van der Waals surface area (Å²) in [5, 5.41) is 10.3. The molecule has 0 bridgehead atoms. The number of carbonyl (C=O) groups is 1. The number of aliphatic imine (C=N–C) groups is 1. The highest BCUT2D eigenvalue weighted by Gasteiger charge is 2.30. The molecule has 0 saturated carbocycles. The Morgan fingerprint density at radius 1 is 0.973 bits per heavy atom. The maximum atomic E-state index is 13.6. The van der Waals surface area contributed by atoms with Gasteiger partial charge in [-0.1, -0.05) is 47.7 Å². The van der Waals surface area contributed by atoms with Crippen LogP contribution in [-0.4, -0.2) is 31.1 Å². The molecule has 37 heavy (non-hydrogen) atoms. The zero-order valence-electron chi connectivity index (χ0n) is 21.0. The van der Waals surface area contributed by atoms with Crippen molar-refractivity contribution in [3.8, 4) is 11.5 Å². The molecular formula is C28H27N5O3S. The monoisotopic (exact) mass is 513 g/mol. The lowest BCUT2D eigenvalue weighted by Gasteiger charge is -2.27. The highest BCUT2D eigenvalue weighted by atomic mass is 32.1. The summed E-state index contributed by atoms with van der Waals surface area (Å²) >= 11 is 1.54. The number of benzene rings is 3. The lowest BCUT2D eigenvalue weighted by molar-refractivity contribution is -0.113. The number of fused-ring (bicyclic) bond motifs is 1. The van der Waals surface area contributed by atoms with Crippen LogP contribution in [0, 0.1) is 6.92 Å². The second kappa shape index (κ2) is 10.3. The lowest BCUT2D eigenvalue weighted by atomic mass is 9.95. The molecule has 2 heterocycles. The fourth-order valence-electron chi connectivity index (χ4n) is 4.23. The van der Waals surface area contributed by atoms with E-state index in [1.54, 1.807) is 14.2 Å². The molecule has 1 atom stereocenters. The first-order valence-electron chi connectivity index (χ1n) is 11.7. The van der Waals surface area contributed by atoms with Crippen molar-refractivity contribution in [1.82, 2.24) is 10.3 Å². The predicted molar refractivity (Wildman–Crippen MR) is 149 cm³/mol. The van der Waals surface area contributed by atoms with E-state index in [2.05, 4.69) is 20.9 Å². The number of thiazole rings is 1. The third kappa shape index (κ3) is 4.99. The van der Waals surface area contributed by atoms with Gasteiger partial charge in [-0.3, -0.25) is 4.79 Å². The number of aromatic nitrogens is 1. The van der Waals surface area contributed by atoms with Gasteiger partial charge in [0.05, 0.1) is 30.0 Å². The van der Waals surface area contributed by atoms with Crippen molar-refractivity contribution in [2.24, 2.45) is 4.99 Å². The number of para-hydroxylation sites is 2. The van der Waals surface area contributed by atoms with Crippen LogP contribution in [0.15, 0.2) is 83.0 Å². The Hall–Kier alpha value is -4.37. The molecule has 1 aromatic heterocycles. The first-order chi connectivity index (χ1) is 18.0. The molecule has 1 amide bonds. The normalized spacial score (nSPS) is 15.1. The summed E-state index contributed by atoms with van der Waals surface area (Å²) in [6.45, 7) is 3.83. The van der Waals surface area contributed by atoms with Gasteiger partial charge in [0, 0.05) is 11.4 Å². The summed E-state index contributed by atoms with van der Waals surface area (Å²) in [6.07, 6.45) is 0. The van der Waals surface area contributed by atoms with E-state index in [1.807, 2.05) is 80.6 Å². The SMILES string of the molecule is COc1ccc(C2N=C(Nc3nc4ccccc4s3)NC(C)=C2C(=O)Nc2ccccc2C)cc1OC. The van der Waals surface area contributed by atoms with Crippen molar-refractivity contribution >= 4 is 44.2 Å². The second-order valence-electron chi connectivity index (χ2n) is 8.54. The first kappa shape index (κ1) is 24.3. The number of allylic oxidation sites excluding steroid dienone is 1. The Labute approximate surface area is 219 Å². The third-order valence-electron chi connectivity index (χ3n) is 6.12. The maximum Gasteiger partial charge on any atom is 0.255 e. The Morgan fingerprint density at radius 2 is 1.73 bits per heavy atom. The maximum absolute atomic E-state index is 13.6. The van der Waals surface area contributed by atoms with Crippen molar-refractivity contribution in [2.45, 2.75) is 19.9 Å². The largest absolute Gasteiger partial charge is 0.493 e. The van der Waals surface area contributed by atoms with Crippen LogP contribution in [-0.2, 0) is 4.79 Å². The Bertz CT molecular complexity index is 1510. The molecular weight excluding hydrogens is 486 g/mol. The molecule has 9 heteroatoms. The quantitative estimate of drug-likeness (QED) is 0.308. The first-order valence-corrected chi connectivity index (χ1v) is 12.6. The van der Waals surface area contributed by atoms with Gasteiger partial charge in [0.2, 0.25) is 5.96 Å². The minimum Gasteiger partial charge on any atom is -0.493 e. The number of carbonyl (C=O) groups excluding carboxylic acids is 1. The average Bonchev–Trinajstić information content (AvgIpc) is 3.31. The van der Waals surface area contributed by atoms with E-state index in [9.17, 15) is 4.79 Å². The van der Waals surface area contributed by atoms with Gasteiger partial charge in [0.25, 0.3) is 5.91 Å². The van der Waals surface area contributed by atoms with Crippen LogP contribution in [0.1, 0.15) is 24.1 Å². The number of rotatable bonds is 6. The van der Waals surface area contributed by atoms with Gasteiger partial charge in [0.1, 0.15) is 6.04 Å². The van der Waals surface area contributed by atoms with Crippen LogP contribution >= 0.6 is 11.3 Å². The van der Waals surface area contributed by atoms with E-state index in [0.29, 0.717) is 33.9 Å². The van der Waals surface area contributed by atoms with E-state index < -0.39 is 6.04 Å². The molecule has 1 aliphatic heterocycles. The molecule has 5 rings (SSSR count). The fraction of sp³-hybridized carbons (Fsp3) is 0.179. The Morgan fingerprint density at radius 3 is 2.49 bits per heavy atom. The van der Waals surface area contributed by atoms with Gasteiger partial charge in [-0.05, 0) is 55.3 Å². The summed E-state index contributed by atoms with van der Waals surface area (Å²) in [4.78, 5) is 23.2. The highest BCUT2D eigenvalue weighted by molar-refractivity contribution is 7.22. The van der Waals surface area contributed by atoms with Crippen LogP contribution in [0.5, 0.6) is 11.5 Å². The molecule has 4 aromatic rings. The van der Waals surface area contributed by atoms with E-state index >= 15 is 0 Å². The summed E-state index contributed by atoms with van der Waals surface area (Å²) < 4.78 is 12.0. The topological polar surface area (TPSA) is 96.9 Å². The predicted octanol–water partition coefficient (Wildman–Crippen LogP) is 5.65. The minimum absolute atomic E-state index is 0.234. The van der Waals surface area contributed by atoms with Gasteiger partial charge in [-0.2, -0.15) is 0 Å². The lowest BCUT2D eigenvalue weighted by Crippen LogP contribution is -2.37. The molecule has 0 fully saturated rings. The number of amides is 1. The number of guanidine groups is 1. The second-order valence-corrected chi connectivity index (χ2v) is 9.57. The van der Waals surface area contributed by atoms with Crippen molar-refractivity contribution in [1.29, 1.82) is 0 Å². The summed E-state index contributed by atoms with van der Waals surface area (Å²) in [5.41, 5.74) is 4.61. The summed E-state index contributed by atoms with van der Waals surface area (Å²) in [5.74, 6) is 1.43. The Kier molecular flexibility index (Phi) is 6.78. The molecule has 0 saturated heterocycles. The molecule has 0 aliphatic carbocycles. The van der Waals surface area contributed by atoms with Crippen molar-refractivity contribution in [2.75, 3.05) is 24.9 Å². The van der Waals surface area contributed by atoms with Crippen LogP contribution in [0.4, 0.5) is 10.8 Å². The smallest absolute Gasteiger partial charge is 0.255 e. The number of nitrogens with one attached hydrogen (secondary N) is 3. The number of methoxy groups -OCH3 is 2. The van der Waals surface area contributed by atoms with E-state index in [4.69, 9.17) is 14.5 Å². The molecule has 3 N–H and O–H groups in total. The van der Waals surface area contributed by atoms with Crippen LogP contribution in [0.25, 0.3) is 10.2 Å². The van der Waals surface area contributed by atoms with E-state index in [0.717, 1.165) is 27.0 Å². The molecule has 3 aromatic carbocycles. The fourth-order valence-corrected chi connectivity index (χ4v) is 5.09. The Balaban J connectivity index is 1.53. The van der Waals surface area contributed by atoms with Crippen molar-refractivity contribution in [3.05, 3.63) is 89.1 Å². The highest BCUT2D eigenvalue weighted by Crippen LogP contribution is 2.37. The molecule has 8 nitrogen and oxygen atoms in total. The van der Waals surface area contributed by atoms with Crippen LogP contribution in [0.2, 0.25) is 0 Å². The third-order valence-corrected chi connectivity index (χ3v) is 7.07. The zero-order chi connectivity index (χ0) is 25.9. The van der Waals surface area contributed by atoms with E-state index in [-0.39, 0.29) is 5.91 Å². The average molecular weight is 514 g/mol. The van der Waals surface area contributed by atoms with Gasteiger partial charge >= 0.3 is 0 Å². The number of aryl methyl sites for hydroxylation is 1. The van der Waals surface area contributed by atoms with Crippen molar-refractivity contribution < 1.29 is 14.3 Å². The molecule has 1 aliphatic rings. The van der Waals surface area contributed by atoms with Gasteiger partial charge in [-0.15, -0.1) is 0 Å². The van der Waals surface area contributed by atoms with Gasteiger partial charge < -0.3 is 25.4 Å². The molecule has 0 radical (unpaired) electrons. The standard InChI is InChI=1S/C28H27N5O3S/c1-16-9-5-6-10-19(16)30-26(34)24-17(2)29-27(33-28-31-20-11-7-8-12-23(20)37-28)32-25(24)18-13-14-21(35-3)22(15-18)36-4/h5-15,25H,1-4H3,(H,30,34)(H2,29,31,32,33). The summed E-state index contributed by atoms with van der Waals surface area (Å²) in [7, 11) is 3.17. The van der Waals surface area contributed by atoms with Crippen LogP contribution < -0.4 is 25.4 Å². The molecule has 0 spiro atoms. The number of hydrogen-bond donors (Lipinski definition) is 3. The molecule has 188 valence electrons. The minimum atomic E-state index is -0.595. The van der Waals surface area contributed by atoms with Gasteiger partial charge in [-0.25, -0.2) is 9.98 Å². The number of anilines is 2. The van der Waals surface area contributed by atoms with Gasteiger partial charge in [0.15, 0.2) is 16.6 Å². The number of nitrogens with zero attached hydrogens (tertiary/aromatic N) is 2. The van der Waals surface area contributed by atoms with Crippen molar-refractivity contribution in [3.63, 3.8) is 0 Å². The van der Waals surface area contributed by atoms with Crippen LogP contribution in [0.3, 0.4) is 0 Å².